The lowest BCUT2D eigenvalue weighted by Crippen LogP contribution is -2.17. The molecule has 0 saturated heterocycles. The van der Waals surface area contributed by atoms with Crippen molar-refractivity contribution in [3.8, 4) is 17.1 Å². The van der Waals surface area contributed by atoms with E-state index in [4.69, 9.17) is 0 Å². The maximum atomic E-state index is 12.6. The molecule has 9 heteroatoms. The van der Waals surface area contributed by atoms with Gasteiger partial charge in [0, 0.05) is 17.3 Å². The molecule has 0 unspecified atom stereocenters. The predicted octanol–water partition coefficient (Wildman–Crippen LogP) is 3.05. The maximum Gasteiger partial charge on any atom is 0.277 e. The van der Waals surface area contributed by atoms with Gasteiger partial charge in [-0.05, 0) is 43.7 Å². The summed E-state index contributed by atoms with van der Waals surface area (Å²) in [5.41, 5.74) is 4.49. The van der Waals surface area contributed by atoms with Crippen molar-refractivity contribution in [3.63, 3.8) is 0 Å². The van der Waals surface area contributed by atoms with Crippen LogP contribution < -0.4 is 5.32 Å². The second kappa shape index (κ2) is 7.04. The van der Waals surface area contributed by atoms with Crippen LogP contribution in [0.25, 0.3) is 17.1 Å². The van der Waals surface area contributed by atoms with Gasteiger partial charge in [-0.2, -0.15) is 0 Å². The fourth-order valence-electron chi connectivity index (χ4n) is 2.64. The van der Waals surface area contributed by atoms with Gasteiger partial charge in [0.1, 0.15) is 5.69 Å². The third-order valence-electron chi connectivity index (χ3n) is 3.76. The zero-order valence-electron chi connectivity index (χ0n) is 14.6. The predicted molar refractivity (Wildman–Crippen MR) is 102 cm³/mol. The Morgan fingerprint density at radius 1 is 1.15 bits per heavy atom. The third-order valence-corrected chi connectivity index (χ3v) is 4.51. The Morgan fingerprint density at radius 2 is 2.04 bits per heavy atom. The number of nitrogens with one attached hydrogen (secondary N) is 1. The van der Waals surface area contributed by atoms with E-state index in [1.807, 2.05) is 31.4 Å². The molecular formula is C18H15N7OS. The number of carbonyl (C=O) groups is 1. The highest BCUT2D eigenvalue weighted by Crippen LogP contribution is 2.25. The highest BCUT2D eigenvalue weighted by atomic mass is 32.1. The first-order chi connectivity index (χ1) is 13.1. The second-order valence-electron chi connectivity index (χ2n) is 5.91. The molecule has 0 aliphatic carbocycles. The van der Waals surface area contributed by atoms with Crippen LogP contribution in [-0.2, 0) is 0 Å². The molecule has 4 aromatic heterocycles. The monoisotopic (exact) mass is 377 g/mol. The van der Waals surface area contributed by atoms with Crippen LogP contribution in [0.4, 0.5) is 5.13 Å². The van der Waals surface area contributed by atoms with Gasteiger partial charge in [0.15, 0.2) is 10.8 Å². The van der Waals surface area contributed by atoms with Crippen LogP contribution in [0.3, 0.4) is 0 Å². The minimum absolute atomic E-state index is 0.296. The number of carbonyl (C=O) groups excluding carboxylic acids is 1. The normalized spacial score (nSPS) is 10.7. The minimum atomic E-state index is -0.349. The SMILES string of the molecule is Cc1cc(C)nc(-c2csc(NC(=O)c3cnnn3-c3cccnc3)n2)c1. The Bertz CT molecular complexity index is 1080. The van der Waals surface area contributed by atoms with Crippen LogP contribution in [0.15, 0.2) is 48.2 Å². The fourth-order valence-corrected chi connectivity index (χ4v) is 3.34. The topological polar surface area (TPSA) is 98.5 Å². The number of hydrogen-bond acceptors (Lipinski definition) is 7. The van der Waals surface area contributed by atoms with E-state index in [0.717, 1.165) is 22.6 Å². The van der Waals surface area contributed by atoms with Gasteiger partial charge in [-0.1, -0.05) is 5.21 Å². The summed E-state index contributed by atoms with van der Waals surface area (Å²) in [6, 6.07) is 7.54. The average Bonchev–Trinajstić information content (AvgIpc) is 3.31. The van der Waals surface area contributed by atoms with Crippen LogP contribution in [-0.4, -0.2) is 35.9 Å². The van der Waals surface area contributed by atoms with Crippen LogP contribution in [0, 0.1) is 13.8 Å². The van der Waals surface area contributed by atoms with Gasteiger partial charge in [-0.3, -0.25) is 20.1 Å². The third kappa shape index (κ3) is 3.58. The molecule has 0 aliphatic heterocycles. The zero-order valence-corrected chi connectivity index (χ0v) is 15.4. The first kappa shape index (κ1) is 17.0. The van der Waals surface area contributed by atoms with Crippen molar-refractivity contribution in [1.29, 1.82) is 0 Å². The first-order valence-corrected chi connectivity index (χ1v) is 9.02. The molecular weight excluding hydrogens is 362 g/mol. The Labute approximate surface area is 159 Å². The number of anilines is 1. The van der Waals surface area contributed by atoms with Crippen molar-refractivity contribution in [2.75, 3.05) is 5.32 Å². The molecule has 4 aromatic rings. The molecule has 0 atom stereocenters. The molecule has 1 amide bonds. The summed E-state index contributed by atoms with van der Waals surface area (Å²) < 4.78 is 1.43. The van der Waals surface area contributed by atoms with E-state index in [1.54, 1.807) is 24.5 Å². The Hall–Kier alpha value is -3.46. The number of rotatable bonds is 4. The highest BCUT2D eigenvalue weighted by molar-refractivity contribution is 7.14. The number of pyridine rings is 2. The van der Waals surface area contributed by atoms with Gasteiger partial charge in [0.05, 0.1) is 23.8 Å². The first-order valence-electron chi connectivity index (χ1n) is 8.14. The molecule has 4 heterocycles. The molecule has 8 nitrogen and oxygen atoms in total. The number of amides is 1. The lowest BCUT2D eigenvalue weighted by molar-refractivity contribution is 0.101. The van der Waals surface area contributed by atoms with Gasteiger partial charge in [0.25, 0.3) is 5.91 Å². The second-order valence-corrected chi connectivity index (χ2v) is 6.76. The Balaban J connectivity index is 1.57. The van der Waals surface area contributed by atoms with E-state index < -0.39 is 0 Å². The van der Waals surface area contributed by atoms with Crippen molar-refractivity contribution in [2.24, 2.45) is 0 Å². The molecule has 134 valence electrons. The van der Waals surface area contributed by atoms with Gasteiger partial charge >= 0.3 is 0 Å². The minimum Gasteiger partial charge on any atom is -0.296 e. The maximum absolute atomic E-state index is 12.6. The lowest BCUT2D eigenvalue weighted by Gasteiger charge is -2.05. The molecule has 1 N–H and O–H groups in total. The molecule has 27 heavy (non-hydrogen) atoms. The molecule has 0 bridgehead atoms. The van der Waals surface area contributed by atoms with Crippen molar-refractivity contribution in [2.45, 2.75) is 13.8 Å². The smallest absolute Gasteiger partial charge is 0.277 e. The Kier molecular flexibility index (Phi) is 4.43. The number of aromatic nitrogens is 6. The molecule has 0 spiro atoms. The molecule has 0 aliphatic rings. The van der Waals surface area contributed by atoms with Gasteiger partial charge in [0.2, 0.25) is 0 Å². The summed E-state index contributed by atoms with van der Waals surface area (Å²) in [5, 5.41) is 12.9. The lowest BCUT2D eigenvalue weighted by atomic mass is 10.2. The molecule has 0 saturated carbocycles. The summed E-state index contributed by atoms with van der Waals surface area (Å²) in [6.07, 6.45) is 4.67. The van der Waals surface area contributed by atoms with Crippen LogP contribution in [0.2, 0.25) is 0 Å². The van der Waals surface area contributed by atoms with E-state index in [1.165, 1.54) is 22.2 Å². The van der Waals surface area contributed by atoms with E-state index in [2.05, 4.69) is 30.6 Å². The van der Waals surface area contributed by atoms with Crippen molar-refractivity contribution in [1.82, 2.24) is 29.9 Å². The van der Waals surface area contributed by atoms with Gasteiger partial charge < -0.3 is 0 Å². The zero-order chi connectivity index (χ0) is 18.8. The van der Waals surface area contributed by atoms with Crippen molar-refractivity contribution in [3.05, 3.63) is 65.2 Å². The van der Waals surface area contributed by atoms with E-state index >= 15 is 0 Å². The summed E-state index contributed by atoms with van der Waals surface area (Å²) >= 11 is 1.34. The fraction of sp³-hybridized carbons (Fsp3) is 0.111. The van der Waals surface area contributed by atoms with E-state index in [9.17, 15) is 4.79 Å². The summed E-state index contributed by atoms with van der Waals surface area (Å²) in [6.45, 7) is 3.96. The van der Waals surface area contributed by atoms with Gasteiger partial charge in [-0.25, -0.2) is 9.67 Å². The van der Waals surface area contributed by atoms with E-state index in [0.29, 0.717) is 16.5 Å². The van der Waals surface area contributed by atoms with Crippen LogP contribution >= 0.6 is 11.3 Å². The summed E-state index contributed by atoms with van der Waals surface area (Å²) in [5.74, 6) is -0.349. The van der Waals surface area contributed by atoms with E-state index in [-0.39, 0.29) is 5.91 Å². The average molecular weight is 377 g/mol. The molecule has 0 radical (unpaired) electrons. The number of aryl methyl sites for hydroxylation is 2. The molecule has 4 rings (SSSR count). The quantitative estimate of drug-likeness (QED) is 0.587. The van der Waals surface area contributed by atoms with Crippen LogP contribution in [0.1, 0.15) is 21.7 Å². The van der Waals surface area contributed by atoms with Crippen LogP contribution in [0.5, 0.6) is 0 Å². The van der Waals surface area contributed by atoms with Crippen molar-refractivity contribution < 1.29 is 4.79 Å². The number of hydrogen-bond donors (Lipinski definition) is 1. The molecule has 0 fully saturated rings. The summed E-state index contributed by atoms with van der Waals surface area (Å²) in [4.78, 5) is 25.7. The van der Waals surface area contributed by atoms with Crippen molar-refractivity contribution >= 4 is 22.4 Å². The molecule has 0 aromatic carbocycles. The summed E-state index contributed by atoms with van der Waals surface area (Å²) in [7, 11) is 0. The number of nitrogens with zero attached hydrogens (tertiary/aromatic N) is 6. The Morgan fingerprint density at radius 3 is 2.81 bits per heavy atom. The highest BCUT2D eigenvalue weighted by Gasteiger charge is 2.17. The number of thiazole rings is 1. The standard InChI is InChI=1S/C18H15N7OS/c1-11-6-12(2)21-14(7-11)15-10-27-18(22-15)23-17(26)16-9-20-24-25(16)13-4-3-5-19-8-13/h3-10H,1-2H3,(H,22,23,26). The largest absolute Gasteiger partial charge is 0.296 e. The van der Waals surface area contributed by atoms with Gasteiger partial charge in [-0.15, -0.1) is 16.4 Å².